The predicted octanol–water partition coefficient (Wildman–Crippen LogP) is 1.81. The number of imidazole rings is 1. The zero-order chi connectivity index (χ0) is 15.7. The Morgan fingerprint density at radius 1 is 1.23 bits per heavy atom. The summed E-state index contributed by atoms with van der Waals surface area (Å²) in [6.45, 7) is 1.81. The number of hydrogen-bond donors (Lipinski definition) is 1. The number of benzene rings is 1. The Hall–Kier alpha value is -2.76. The van der Waals surface area contributed by atoms with Gasteiger partial charge in [0, 0.05) is 7.05 Å². The van der Waals surface area contributed by atoms with Gasteiger partial charge in [-0.3, -0.25) is 13.9 Å². The fourth-order valence-electron chi connectivity index (χ4n) is 2.56. The lowest BCUT2D eigenvalue weighted by molar-refractivity contribution is -0.122. The summed E-state index contributed by atoms with van der Waals surface area (Å²) in [7, 11) is 1.70. The van der Waals surface area contributed by atoms with Crippen LogP contribution in [0.3, 0.4) is 0 Å². The lowest BCUT2D eigenvalue weighted by Gasteiger charge is -2.11. The lowest BCUT2D eigenvalue weighted by atomic mass is 10.2. The molecule has 22 heavy (non-hydrogen) atoms. The van der Waals surface area contributed by atoms with E-state index in [0.717, 1.165) is 11.0 Å². The molecule has 0 saturated carbocycles. The molecule has 1 N–H and O–H groups in total. The summed E-state index contributed by atoms with van der Waals surface area (Å²) in [5, 5.41) is 2.83. The van der Waals surface area contributed by atoms with Gasteiger partial charge in [-0.1, -0.05) is 12.1 Å². The molecule has 1 atom stereocenters. The first-order valence-corrected chi connectivity index (χ1v) is 7.05. The maximum absolute atomic E-state index is 12.3. The van der Waals surface area contributed by atoms with E-state index >= 15 is 0 Å². The largest absolute Gasteiger partial charge is 0.467 e. The number of furan rings is 1. The molecule has 3 rings (SSSR count). The van der Waals surface area contributed by atoms with E-state index in [1.807, 2.05) is 31.2 Å². The molecule has 0 saturated heterocycles. The number of nitrogens with zero attached hydrogens (tertiary/aromatic N) is 2. The number of nitrogens with one attached hydrogen (secondary N) is 1. The molecule has 1 aromatic carbocycles. The molecular weight excluding hydrogens is 282 g/mol. The zero-order valence-corrected chi connectivity index (χ0v) is 12.4. The number of rotatable bonds is 4. The van der Waals surface area contributed by atoms with E-state index in [-0.39, 0.29) is 24.2 Å². The first-order valence-electron chi connectivity index (χ1n) is 7.05. The van der Waals surface area contributed by atoms with Crippen LogP contribution in [-0.2, 0) is 18.4 Å². The summed E-state index contributed by atoms with van der Waals surface area (Å²) in [6.07, 6.45) is 1.56. The third-order valence-corrected chi connectivity index (χ3v) is 3.70. The van der Waals surface area contributed by atoms with Gasteiger partial charge in [0.1, 0.15) is 12.3 Å². The van der Waals surface area contributed by atoms with Crippen LogP contribution in [-0.4, -0.2) is 15.0 Å². The molecule has 2 heterocycles. The van der Waals surface area contributed by atoms with Gasteiger partial charge in [0.15, 0.2) is 0 Å². The second-order valence-corrected chi connectivity index (χ2v) is 5.22. The molecule has 2 aromatic heterocycles. The van der Waals surface area contributed by atoms with Crippen molar-refractivity contribution in [2.24, 2.45) is 7.05 Å². The molecule has 6 heteroatoms. The topological polar surface area (TPSA) is 69.2 Å². The normalized spacial score (nSPS) is 12.5. The van der Waals surface area contributed by atoms with E-state index in [0.29, 0.717) is 5.76 Å². The molecule has 0 radical (unpaired) electrons. The molecule has 6 nitrogen and oxygen atoms in total. The second kappa shape index (κ2) is 5.55. The van der Waals surface area contributed by atoms with Gasteiger partial charge < -0.3 is 9.73 Å². The fraction of sp³-hybridized carbons (Fsp3) is 0.250. The highest BCUT2D eigenvalue weighted by Gasteiger charge is 2.16. The van der Waals surface area contributed by atoms with Crippen LogP contribution in [0.4, 0.5) is 0 Å². The van der Waals surface area contributed by atoms with Gasteiger partial charge in [0.25, 0.3) is 0 Å². The molecule has 0 bridgehead atoms. The minimum Gasteiger partial charge on any atom is -0.467 e. The molecule has 114 valence electrons. The third kappa shape index (κ3) is 2.43. The Morgan fingerprint density at radius 3 is 2.64 bits per heavy atom. The molecule has 0 fully saturated rings. The van der Waals surface area contributed by atoms with Crippen molar-refractivity contribution in [1.29, 1.82) is 0 Å². The van der Waals surface area contributed by atoms with E-state index in [9.17, 15) is 9.59 Å². The average molecular weight is 299 g/mol. The molecular formula is C16H17N3O3. The van der Waals surface area contributed by atoms with Crippen molar-refractivity contribution in [3.63, 3.8) is 0 Å². The smallest absolute Gasteiger partial charge is 0.329 e. The highest BCUT2D eigenvalue weighted by Crippen LogP contribution is 2.13. The van der Waals surface area contributed by atoms with Gasteiger partial charge in [-0.25, -0.2) is 4.79 Å². The second-order valence-electron chi connectivity index (χ2n) is 5.22. The van der Waals surface area contributed by atoms with Crippen LogP contribution in [0, 0.1) is 0 Å². The molecule has 0 aliphatic rings. The summed E-state index contributed by atoms with van der Waals surface area (Å²) in [5.74, 6) is 0.445. The Balaban J connectivity index is 1.83. The van der Waals surface area contributed by atoms with Crippen molar-refractivity contribution in [2.45, 2.75) is 19.5 Å². The van der Waals surface area contributed by atoms with Gasteiger partial charge in [0.2, 0.25) is 5.91 Å². The Kier molecular flexibility index (Phi) is 3.58. The minimum absolute atomic E-state index is 0.0226. The van der Waals surface area contributed by atoms with Gasteiger partial charge >= 0.3 is 5.69 Å². The summed E-state index contributed by atoms with van der Waals surface area (Å²) >= 11 is 0. The monoisotopic (exact) mass is 299 g/mol. The summed E-state index contributed by atoms with van der Waals surface area (Å²) in [4.78, 5) is 24.5. The maximum Gasteiger partial charge on any atom is 0.329 e. The number of amides is 1. The fourth-order valence-corrected chi connectivity index (χ4v) is 2.56. The van der Waals surface area contributed by atoms with Crippen LogP contribution >= 0.6 is 0 Å². The van der Waals surface area contributed by atoms with Crippen LogP contribution < -0.4 is 11.0 Å². The van der Waals surface area contributed by atoms with Crippen LogP contribution in [0.1, 0.15) is 18.7 Å². The van der Waals surface area contributed by atoms with Gasteiger partial charge in [-0.15, -0.1) is 0 Å². The first-order chi connectivity index (χ1) is 10.6. The van der Waals surface area contributed by atoms with Crippen LogP contribution in [0.2, 0.25) is 0 Å². The standard InChI is InChI=1S/C16H17N3O3/c1-11(14-8-5-9-22-14)17-15(20)10-19-13-7-4-3-6-12(13)18(2)16(19)21/h3-9,11H,10H2,1-2H3,(H,17,20). The van der Waals surface area contributed by atoms with Crippen molar-refractivity contribution in [2.75, 3.05) is 0 Å². The molecule has 0 aliphatic heterocycles. The molecule has 0 spiro atoms. The van der Waals surface area contributed by atoms with Crippen LogP contribution in [0.25, 0.3) is 11.0 Å². The number of aryl methyl sites for hydroxylation is 1. The number of carbonyl (C=O) groups excluding carboxylic acids is 1. The lowest BCUT2D eigenvalue weighted by Crippen LogP contribution is -2.33. The Morgan fingerprint density at radius 2 is 1.95 bits per heavy atom. The predicted molar refractivity (Wildman–Crippen MR) is 82.4 cm³/mol. The van der Waals surface area contributed by atoms with E-state index in [4.69, 9.17) is 4.42 Å². The number of carbonyl (C=O) groups is 1. The van der Waals surface area contributed by atoms with Gasteiger partial charge in [0.05, 0.1) is 23.3 Å². The van der Waals surface area contributed by atoms with Crippen molar-refractivity contribution in [3.05, 3.63) is 58.9 Å². The average Bonchev–Trinajstić information content (AvgIpc) is 3.12. The summed E-state index contributed by atoms with van der Waals surface area (Å²) in [6, 6.07) is 10.7. The summed E-state index contributed by atoms with van der Waals surface area (Å²) in [5.41, 5.74) is 1.34. The Labute approximate surface area is 127 Å². The van der Waals surface area contributed by atoms with E-state index < -0.39 is 0 Å². The van der Waals surface area contributed by atoms with Crippen molar-refractivity contribution in [1.82, 2.24) is 14.5 Å². The van der Waals surface area contributed by atoms with Crippen molar-refractivity contribution < 1.29 is 9.21 Å². The highest BCUT2D eigenvalue weighted by molar-refractivity contribution is 5.81. The van der Waals surface area contributed by atoms with E-state index in [1.54, 1.807) is 30.0 Å². The van der Waals surface area contributed by atoms with Gasteiger partial charge in [-0.2, -0.15) is 0 Å². The molecule has 1 unspecified atom stereocenters. The van der Waals surface area contributed by atoms with Gasteiger partial charge in [-0.05, 0) is 31.2 Å². The minimum atomic E-state index is -0.242. The SMILES string of the molecule is CC(NC(=O)Cn1c(=O)n(C)c2ccccc21)c1ccco1. The maximum atomic E-state index is 12.3. The number of hydrogen-bond acceptors (Lipinski definition) is 3. The first kappa shape index (κ1) is 14.2. The quantitative estimate of drug-likeness (QED) is 0.799. The molecule has 0 aliphatic carbocycles. The number of aromatic nitrogens is 2. The molecule has 1 amide bonds. The van der Waals surface area contributed by atoms with E-state index in [2.05, 4.69) is 5.32 Å². The number of para-hydroxylation sites is 2. The van der Waals surface area contributed by atoms with Crippen molar-refractivity contribution in [3.8, 4) is 0 Å². The third-order valence-electron chi connectivity index (χ3n) is 3.70. The summed E-state index contributed by atoms with van der Waals surface area (Å²) < 4.78 is 8.27. The zero-order valence-electron chi connectivity index (χ0n) is 12.4. The number of fused-ring (bicyclic) bond motifs is 1. The van der Waals surface area contributed by atoms with E-state index in [1.165, 1.54) is 4.57 Å². The van der Waals surface area contributed by atoms with Crippen molar-refractivity contribution >= 4 is 16.9 Å². The van der Waals surface area contributed by atoms with Crippen LogP contribution in [0.15, 0.2) is 51.9 Å². The molecule has 3 aromatic rings. The van der Waals surface area contributed by atoms with Crippen LogP contribution in [0.5, 0.6) is 0 Å². The highest BCUT2D eigenvalue weighted by atomic mass is 16.3. The Bertz CT molecular complexity index is 859.